The van der Waals surface area contributed by atoms with Gasteiger partial charge in [0.05, 0.1) is 16.8 Å². The maximum atomic E-state index is 12.7. The third-order valence-corrected chi connectivity index (χ3v) is 5.00. The van der Waals surface area contributed by atoms with Crippen molar-refractivity contribution in [2.24, 2.45) is 0 Å². The first-order valence-electron chi connectivity index (χ1n) is 8.07. The summed E-state index contributed by atoms with van der Waals surface area (Å²) in [6, 6.07) is 7.79. The van der Waals surface area contributed by atoms with Crippen LogP contribution in [0, 0.1) is 0 Å². The quantitative estimate of drug-likeness (QED) is 0.882. The van der Waals surface area contributed by atoms with Crippen LogP contribution in [0.3, 0.4) is 0 Å². The Morgan fingerprint density at radius 3 is 2.75 bits per heavy atom. The average Bonchev–Trinajstić information content (AvgIpc) is 3.36. The van der Waals surface area contributed by atoms with Gasteiger partial charge in [-0.15, -0.1) is 4.73 Å². The molecule has 0 radical (unpaired) electrons. The topological polar surface area (TPSA) is 68.2 Å². The molecule has 0 spiro atoms. The monoisotopic (exact) mass is 346 g/mol. The van der Waals surface area contributed by atoms with Crippen LogP contribution in [-0.2, 0) is 18.5 Å². The van der Waals surface area contributed by atoms with Crippen LogP contribution in [-0.4, -0.2) is 23.4 Å². The molecule has 2 aliphatic rings. The van der Waals surface area contributed by atoms with Crippen LogP contribution < -0.4 is 21.0 Å². The number of hydrogen-bond acceptors (Lipinski definition) is 5. The number of anilines is 1. The molecule has 1 aromatic heterocycles. The summed E-state index contributed by atoms with van der Waals surface area (Å²) in [6.45, 7) is 1.37. The summed E-state index contributed by atoms with van der Waals surface area (Å²) < 4.78 is 1.25. The normalized spacial score (nSPS) is 17.9. The van der Waals surface area contributed by atoms with E-state index in [1.807, 2.05) is 24.3 Å². The summed E-state index contributed by atoms with van der Waals surface area (Å²) >= 11 is 5.99. The van der Waals surface area contributed by atoms with E-state index < -0.39 is 0 Å². The Morgan fingerprint density at radius 2 is 2.08 bits per heavy atom. The third-order valence-electron chi connectivity index (χ3n) is 4.75. The minimum atomic E-state index is -0.203. The predicted octanol–water partition coefficient (Wildman–Crippen LogP) is 1.70. The molecule has 1 aliphatic carbocycles. The van der Waals surface area contributed by atoms with Gasteiger partial charge in [-0.05, 0) is 30.5 Å². The second kappa shape index (κ2) is 5.79. The Hall–Kier alpha value is -2.05. The van der Waals surface area contributed by atoms with Crippen LogP contribution in [0.25, 0.3) is 0 Å². The molecule has 126 valence electrons. The van der Waals surface area contributed by atoms with Crippen LogP contribution in [0.4, 0.5) is 5.95 Å². The largest absolute Gasteiger partial charge is 0.411 e. The van der Waals surface area contributed by atoms with Crippen molar-refractivity contribution < 1.29 is 4.84 Å². The van der Waals surface area contributed by atoms with E-state index in [4.69, 9.17) is 16.4 Å². The third kappa shape index (κ3) is 2.56. The molecular formula is C17H19ClN4O2. The minimum absolute atomic E-state index is 0.149. The molecule has 0 amide bonds. The Balaban J connectivity index is 1.73. The van der Waals surface area contributed by atoms with Crippen molar-refractivity contribution in [2.45, 2.75) is 31.3 Å². The predicted molar refractivity (Wildman–Crippen MR) is 92.4 cm³/mol. The first kappa shape index (κ1) is 15.5. The summed E-state index contributed by atoms with van der Waals surface area (Å²) in [5.41, 5.74) is 2.32. The fourth-order valence-electron chi connectivity index (χ4n) is 3.23. The maximum Gasteiger partial charge on any atom is 0.292 e. The van der Waals surface area contributed by atoms with Gasteiger partial charge in [-0.3, -0.25) is 4.79 Å². The summed E-state index contributed by atoms with van der Waals surface area (Å²) in [7, 11) is 1.48. The van der Waals surface area contributed by atoms with Crippen LogP contribution >= 0.6 is 11.6 Å². The highest BCUT2D eigenvalue weighted by molar-refractivity contribution is 6.30. The van der Waals surface area contributed by atoms with Gasteiger partial charge in [0.15, 0.2) is 0 Å². The van der Waals surface area contributed by atoms with Crippen molar-refractivity contribution in [1.82, 2.24) is 15.0 Å². The molecule has 1 saturated carbocycles. The lowest BCUT2D eigenvalue weighted by Crippen LogP contribution is -2.39. The molecule has 2 N–H and O–H groups in total. The van der Waals surface area contributed by atoms with Gasteiger partial charge in [0.2, 0.25) is 5.95 Å². The number of aromatic nitrogens is 2. The van der Waals surface area contributed by atoms with Crippen molar-refractivity contribution in [3.05, 3.63) is 56.5 Å². The molecule has 1 fully saturated rings. The van der Waals surface area contributed by atoms with E-state index in [2.05, 4.69) is 15.6 Å². The molecule has 6 nitrogen and oxygen atoms in total. The van der Waals surface area contributed by atoms with E-state index in [9.17, 15) is 4.79 Å². The van der Waals surface area contributed by atoms with Crippen LogP contribution in [0.15, 0.2) is 29.1 Å². The average molecular weight is 347 g/mol. The van der Waals surface area contributed by atoms with E-state index in [-0.39, 0.29) is 11.1 Å². The smallest absolute Gasteiger partial charge is 0.292 e. The molecule has 2 aromatic rings. The number of nitrogens with one attached hydrogen (secondary N) is 2. The zero-order valence-corrected chi connectivity index (χ0v) is 14.2. The van der Waals surface area contributed by atoms with E-state index in [0.717, 1.165) is 37.1 Å². The van der Waals surface area contributed by atoms with Gasteiger partial charge in [-0.1, -0.05) is 23.7 Å². The number of benzene rings is 1. The molecule has 7 heteroatoms. The summed E-state index contributed by atoms with van der Waals surface area (Å²) in [5.74, 6) is 0.468. The molecule has 0 unspecified atom stereocenters. The van der Waals surface area contributed by atoms with Gasteiger partial charge >= 0.3 is 0 Å². The van der Waals surface area contributed by atoms with E-state index >= 15 is 0 Å². The summed E-state index contributed by atoms with van der Waals surface area (Å²) in [4.78, 5) is 22.6. The van der Waals surface area contributed by atoms with Crippen molar-refractivity contribution in [3.63, 3.8) is 0 Å². The zero-order valence-electron chi connectivity index (χ0n) is 13.4. The highest BCUT2D eigenvalue weighted by Crippen LogP contribution is 2.48. The Labute approximate surface area is 144 Å². The van der Waals surface area contributed by atoms with Gasteiger partial charge in [0.1, 0.15) is 7.11 Å². The van der Waals surface area contributed by atoms with E-state index in [0.29, 0.717) is 23.1 Å². The van der Waals surface area contributed by atoms with Crippen molar-refractivity contribution in [2.75, 3.05) is 19.0 Å². The van der Waals surface area contributed by atoms with Crippen molar-refractivity contribution in [3.8, 4) is 0 Å². The van der Waals surface area contributed by atoms with E-state index in [1.54, 1.807) is 0 Å². The molecule has 1 aromatic carbocycles. The lowest BCUT2D eigenvalue weighted by molar-refractivity contribution is 0.157. The number of fused-ring (bicyclic) bond motifs is 1. The van der Waals surface area contributed by atoms with Gasteiger partial charge in [0.25, 0.3) is 5.56 Å². The van der Waals surface area contributed by atoms with Crippen LogP contribution in [0.2, 0.25) is 5.02 Å². The number of rotatable bonds is 4. The summed E-state index contributed by atoms with van der Waals surface area (Å²) in [5, 5.41) is 7.35. The second-order valence-corrected chi connectivity index (χ2v) is 6.72. The first-order chi connectivity index (χ1) is 11.6. The van der Waals surface area contributed by atoms with Gasteiger partial charge in [-0.2, -0.15) is 0 Å². The standard InChI is InChI=1S/C17H19ClN4O2/c1-24-22-15(23)13-10-19-9-6-14(13)20-16(22)21-17(7-8-17)11-2-4-12(18)5-3-11/h2-5,19H,6-10H2,1H3,(H,20,21). The van der Waals surface area contributed by atoms with Gasteiger partial charge in [-0.25, -0.2) is 4.98 Å². The molecule has 0 bridgehead atoms. The second-order valence-electron chi connectivity index (χ2n) is 6.28. The summed E-state index contributed by atoms with van der Waals surface area (Å²) in [6.07, 6.45) is 2.71. The lowest BCUT2D eigenvalue weighted by atomic mass is 10.1. The molecule has 2 heterocycles. The highest BCUT2D eigenvalue weighted by Gasteiger charge is 2.45. The first-order valence-corrected chi connectivity index (χ1v) is 8.45. The number of halogens is 1. The Bertz CT molecular complexity index is 828. The molecule has 1 aliphatic heterocycles. The molecule has 0 saturated heterocycles. The maximum absolute atomic E-state index is 12.7. The van der Waals surface area contributed by atoms with Gasteiger partial charge in [0, 0.05) is 24.5 Å². The van der Waals surface area contributed by atoms with Crippen molar-refractivity contribution >= 4 is 17.5 Å². The molecule has 0 atom stereocenters. The zero-order chi connectivity index (χ0) is 16.7. The van der Waals surface area contributed by atoms with E-state index in [1.165, 1.54) is 11.8 Å². The Morgan fingerprint density at radius 1 is 1.33 bits per heavy atom. The van der Waals surface area contributed by atoms with Crippen molar-refractivity contribution in [1.29, 1.82) is 0 Å². The SMILES string of the molecule is COn1c(NC2(c3ccc(Cl)cc3)CC2)nc2c(c1=O)CNCC2. The molecule has 24 heavy (non-hydrogen) atoms. The minimum Gasteiger partial charge on any atom is -0.411 e. The number of nitrogens with zero attached hydrogens (tertiary/aromatic N) is 2. The number of hydrogen-bond donors (Lipinski definition) is 2. The Kier molecular flexibility index (Phi) is 3.73. The fraction of sp³-hybridized carbons (Fsp3) is 0.412. The molecular weight excluding hydrogens is 328 g/mol. The highest BCUT2D eigenvalue weighted by atomic mass is 35.5. The van der Waals surface area contributed by atoms with Crippen LogP contribution in [0.1, 0.15) is 29.7 Å². The molecule has 4 rings (SSSR count). The fourth-order valence-corrected chi connectivity index (χ4v) is 3.36. The van der Waals surface area contributed by atoms with Crippen LogP contribution in [0.5, 0.6) is 0 Å². The van der Waals surface area contributed by atoms with Gasteiger partial charge < -0.3 is 15.5 Å². The lowest BCUT2D eigenvalue weighted by Gasteiger charge is -2.23.